The molecule has 0 saturated carbocycles. The standard InChI is InChI=1S/C28H28FN3O3/c1-18-7-5-6-8-24(18)25-11-9-21(14-23(25)17-34-4)28-30-27(31-35-28)20-10-12-26(29)22(13-20)16-32(3)15-19(2)33/h5-14H,15-17H2,1-4H3. The summed E-state index contributed by atoms with van der Waals surface area (Å²) >= 11 is 0. The minimum atomic E-state index is -0.344. The van der Waals surface area contributed by atoms with Gasteiger partial charge in [0.25, 0.3) is 5.89 Å². The summed E-state index contributed by atoms with van der Waals surface area (Å²) in [5.74, 6) is 0.414. The van der Waals surface area contributed by atoms with E-state index >= 15 is 0 Å². The molecule has 0 saturated heterocycles. The lowest BCUT2D eigenvalue weighted by molar-refractivity contribution is -0.117. The van der Waals surface area contributed by atoms with Crippen molar-refractivity contribution in [2.45, 2.75) is 27.0 Å². The second-order valence-electron chi connectivity index (χ2n) is 8.72. The Balaban J connectivity index is 1.63. The van der Waals surface area contributed by atoms with Crippen LogP contribution in [0.5, 0.6) is 0 Å². The van der Waals surface area contributed by atoms with Crippen molar-refractivity contribution in [3.05, 3.63) is 83.2 Å². The van der Waals surface area contributed by atoms with Gasteiger partial charge in [-0.15, -0.1) is 0 Å². The Labute approximate surface area is 204 Å². The predicted molar refractivity (Wildman–Crippen MR) is 133 cm³/mol. The maximum Gasteiger partial charge on any atom is 0.258 e. The van der Waals surface area contributed by atoms with Crippen molar-refractivity contribution in [1.82, 2.24) is 15.0 Å². The lowest BCUT2D eigenvalue weighted by atomic mass is 9.94. The van der Waals surface area contributed by atoms with Gasteiger partial charge in [-0.2, -0.15) is 4.98 Å². The topological polar surface area (TPSA) is 68.5 Å². The molecule has 0 fully saturated rings. The van der Waals surface area contributed by atoms with Crippen LogP contribution in [0.1, 0.15) is 23.6 Å². The van der Waals surface area contributed by atoms with Crippen LogP contribution in [0.4, 0.5) is 4.39 Å². The summed E-state index contributed by atoms with van der Waals surface area (Å²) in [5, 5.41) is 4.12. The molecule has 0 amide bonds. The second kappa shape index (κ2) is 10.7. The van der Waals surface area contributed by atoms with E-state index in [4.69, 9.17) is 9.26 Å². The molecular formula is C28H28FN3O3. The first-order valence-corrected chi connectivity index (χ1v) is 11.3. The largest absolute Gasteiger partial charge is 0.380 e. The average Bonchev–Trinajstić information content (AvgIpc) is 3.31. The number of ether oxygens (including phenoxy) is 1. The highest BCUT2D eigenvalue weighted by Crippen LogP contribution is 2.32. The Morgan fingerprint density at radius 1 is 1.03 bits per heavy atom. The van der Waals surface area contributed by atoms with Crippen LogP contribution >= 0.6 is 0 Å². The smallest absolute Gasteiger partial charge is 0.258 e. The zero-order valence-corrected chi connectivity index (χ0v) is 20.3. The van der Waals surface area contributed by atoms with Crippen molar-refractivity contribution in [3.63, 3.8) is 0 Å². The molecule has 0 aliphatic rings. The first-order chi connectivity index (χ1) is 16.9. The molecule has 3 aromatic carbocycles. The van der Waals surface area contributed by atoms with Crippen LogP contribution in [-0.4, -0.2) is 41.5 Å². The molecule has 6 nitrogen and oxygen atoms in total. The van der Waals surface area contributed by atoms with Gasteiger partial charge in [0.05, 0.1) is 13.2 Å². The number of ketones is 1. The van der Waals surface area contributed by atoms with Gasteiger partial charge in [0, 0.05) is 30.3 Å². The van der Waals surface area contributed by atoms with Gasteiger partial charge in [-0.25, -0.2) is 4.39 Å². The molecule has 1 aromatic heterocycles. The fraction of sp³-hybridized carbons (Fsp3) is 0.250. The van der Waals surface area contributed by atoms with Gasteiger partial charge in [-0.1, -0.05) is 35.5 Å². The molecule has 4 rings (SSSR count). The summed E-state index contributed by atoms with van der Waals surface area (Å²) in [5.41, 5.74) is 6.30. The molecule has 0 radical (unpaired) electrons. The van der Waals surface area contributed by atoms with Crippen molar-refractivity contribution in [3.8, 4) is 34.0 Å². The third-order valence-corrected chi connectivity index (χ3v) is 5.75. The molecule has 1 heterocycles. The molecule has 0 spiro atoms. The average molecular weight is 474 g/mol. The highest BCUT2D eigenvalue weighted by atomic mass is 19.1. The van der Waals surface area contributed by atoms with E-state index in [1.54, 1.807) is 31.2 Å². The van der Waals surface area contributed by atoms with E-state index in [9.17, 15) is 9.18 Å². The first-order valence-electron chi connectivity index (χ1n) is 11.3. The fourth-order valence-corrected chi connectivity index (χ4v) is 4.16. The van der Waals surface area contributed by atoms with Crippen LogP contribution in [-0.2, 0) is 22.7 Å². The summed E-state index contributed by atoms with van der Waals surface area (Å²) in [4.78, 5) is 17.7. The highest BCUT2D eigenvalue weighted by molar-refractivity contribution is 5.77. The van der Waals surface area contributed by atoms with E-state index in [-0.39, 0.29) is 18.1 Å². The van der Waals surface area contributed by atoms with E-state index in [0.717, 1.165) is 22.3 Å². The zero-order chi connectivity index (χ0) is 24.9. The van der Waals surface area contributed by atoms with Crippen molar-refractivity contribution < 1.29 is 18.4 Å². The van der Waals surface area contributed by atoms with Crippen LogP contribution in [0.3, 0.4) is 0 Å². The number of methoxy groups -OCH3 is 1. The number of nitrogens with zero attached hydrogens (tertiary/aromatic N) is 3. The van der Waals surface area contributed by atoms with Crippen molar-refractivity contribution >= 4 is 5.78 Å². The Bertz CT molecular complexity index is 1350. The monoisotopic (exact) mass is 473 g/mol. The molecular weight excluding hydrogens is 445 g/mol. The van der Waals surface area contributed by atoms with Gasteiger partial charge < -0.3 is 9.26 Å². The number of likely N-dealkylation sites (N-methyl/N-ethyl adjacent to an activating group) is 1. The third kappa shape index (κ3) is 5.70. The van der Waals surface area contributed by atoms with E-state index in [2.05, 4.69) is 29.2 Å². The lowest BCUT2D eigenvalue weighted by Crippen LogP contribution is -2.24. The maximum atomic E-state index is 14.4. The highest BCUT2D eigenvalue weighted by Gasteiger charge is 2.16. The van der Waals surface area contributed by atoms with Crippen LogP contribution in [0.2, 0.25) is 0 Å². The summed E-state index contributed by atoms with van der Waals surface area (Å²) < 4.78 is 25.4. The summed E-state index contributed by atoms with van der Waals surface area (Å²) in [6, 6.07) is 18.9. The predicted octanol–water partition coefficient (Wildman–Crippen LogP) is 5.69. The van der Waals surface area contributed by atoms with Crippen LogP contribution in [0.15, 0.2) is 65.2 Å². The number of Topliss-reactive ketones (excluding diaryl/α,β-unsaturated/α-hetero) is 1. The molecule has 0 aliphatic heterocycles. The van der Waals surface area contributed by atoms with Crippen LogP contribution in [0, 0.1) is 12.7 Å². The Hall–Kier alpha value is -3.68. The molecule has 0 aliphatic carbocycles. The molecule has 0 atom stereocenters. The van der Waals surface area contributed by atoms with Crippen molar-refractivity contribution in [2.75, 3.05) is 20.7 Å². The van der Waals surface area contributed by atoms with Gasteiger partial charge in [0.15, 0.2) is 0 Å². The van der Waals surface area contributed by atoms with Gasteiger partial charge in [0.2, 0.25) is 5.82 Å². The van der Waals surface area contributed by atoms with Crippen molar-refractivity contribution in [2.24, 2.45) is 0 Å². The number of hydrogen-bond donors (Lipinski definition) is 0. The van der Waals surface area contributed by atoms with E-state index in [1.807, 2.05) is 30.3 Å². The van der Waals surface area contributed by atoms with Gasteiger partial charge in [0.1, 0.15) is 11.6 Å². The number of benzene rings is 3. The van der Waals surface area contributed by atoms with Gasteiger partial charge in [-0.05, 0) is 73.5 Å². The molecule has 7 heteroatoms. The number of hydrogen-bond acceptors (Lipinski definition) is 6. The number of aryl methyl sites for hydroxylation is 1. The summed E-state index contributed by atoms with van der Waals surface area (Å²) in [7, 11) is 3.44. The normalized spacial score (nSPS) is 11.3. The Morgan fingerprint density at radius 3 is 2.51 bits per heavy atom. The number of rotatable bonds is 9. The minimum absolute atomic E-state index is 0.0214. The SMILES string of the molecule is COCc1cc(-c2nc(-c3ccc(F)c(CN(C)CC(C)=O)c3)no2)ccc1-c1ccccc1C. The molecule has 35 heavy (non-hydrogen) atoms. The summed E-state index contributed by atoms with van der Waals surface area (Å²) in [6.45, 7) is 4.57. The zero-order valence-electron chi connectivity index (χ0n) is 20.3. The number of aromatic nitrogens is 2. The summed E-state index contributed by atoms with van der Waals surface area (Å²) in [6.07, 6.45) is 0. The molecule has 0 unspecified atom stereocenters. The number of halogens is 1. The second-order valence-corrected chi connectivity index (χ2v) is 8.72. The van der Waals surface area contributed by atoms with Gasteiger partial charge in [-0.3, -0.25) is 9.69 Å². The molecule has 0 N–H and O–H groups in total. The molecule has 180 valence electrons. The van der Waals surface area contributed by atoms with Gasteiger partial charge >= 0.3 is 0 Å². The maximum absolute atomic E-state index is 14.4. The fourth-order valence-electron chi connectivity index (χ4n) is 4.16. The Morgan fingerprint density at radius 2 is 1.77 bits per heavy atom. The quantitative estimate of drug-likeness (QED) is 0.311. The van der Waals surface area contributed by atoms with E-state index < -0.39 is 0 Å². The lowest BCUT2D eigenvalue weighted by Gasteiger charge is -2.15. The number of carbonyl (C=O) groups is 1. The Kier molecular flexibility index (Phi) is 7.48. The molecule has 0 bridgehead atoms. The van der Waals surface area contributed by atoms with E-state index in [1.165, 1.54) is 18.6 Å². The number of carbonyl (C=O) groups excluding carboxylic acids is 1. The van der Waals surface area contributed by atoms with Crippen LogP contribution in [0.25, 0.3) is 34.0 Å². The minimum Gasteiger partial charge on any atom is -0.380 e. The van der Waals surface area contributed by atoms with E-state index in [0.29, 0.717) is 36.0 Å². The third-order valence-electron chi connectivity index (χ3n) is 5.75. The van der Waals surface area contributed by atoms with Crippen LogP contribution < -0.4 is 0 Å². The molecule has 4 aromatic rings. The van der Waals surface area contributed by atoms with Crippen molar-refractivity contribution in [1.29, 1.82) is 0 Å². The first kappa shape index (κ1) is 24.4.